The number of nitrogens with zero attached hydrogens (tertiary/aromatic N) is 1. The van der Waals surface area contributed by atoms with Gasteiger partial charge in [-0.25, -0.2) is 4.79 Å². The maximum atomic E-state index is 10.7. The molecule has 0 saturated heterocycles. The Balaban J connectivity index is 2.89. The summed E-state index contributed by atoms with van der Waals surface area (Å²) in [6.45, 7) is 8.42. The molecule has 0 spiro atoms. The summed E-state index contributed by atoms with van der Waals surface area (Å²) in [4.78, 5) is 12.9. The van der Waals surface area contributed by atoms with E-state index in [1.165, 1.54) is 0 Å². The minimum Gasteiger partial charge on any atom is -0.496 e. The third-order valence-electron chi connectivity index (χ3n) is 2.90. The maximum absolute atomic E-state index is 10.7. The average Bonchev–Trinajstić information content (AvgIpc) is 2.34. The van der Waals surface area contributed by atoms with Gasteiger partial charge in [0.05, 0.1) is 7.11 Å². The van der Waals surface area contributed by atoms with Crippen LogP contribution in [0.2, 0.25) is 0 Å². The number of methoxy groups -OCH3 is 1. The molecule has 0 aliphatic heterocycles. The second-order valence-electron chi connectivity index (χ2n) is 6.48. The molecule has 0 amide bonds. The molecule has 0 radical (unpaired) electrons. The SMILES string of the molecule is COc1ccc(CN(C)CC(C)(C)C)cc1C=CC(=O)O. The predicted molar refractivity (Wildman–Crippen MR) is 85.5 cm³/mol. The maximum Gasteiger partial charge on any atom is 0.328 e. The van der Waals surface area contributed by atoms with Crippen LogP contribution in [0.5, 0.6) is 5.75 Å². The van der Waals surface area contributed by atoms with Gasteiger partial charge in [0, 0.05) is 24.7 Å². The quantitative estimate of drug-likeness (QED) is 0.817. The number of hydrogen-bond acceptors (Lipinski definition) is 3. The Labute approximate surface area is 127 Å². The molecule has 0 bridgehead atoms. The van der Waals surface area contributed by atoms with Crippen molar-refractivity contribution in [1.82, 2.24) is 4.90 Å². The lowest BCUT2D eigenvalue weighted by Crippen LogP contribution is -2.28. The first kappa shape index (κ1) is 17.2. The molecule has 4 heteroatoms. The molecule has 1 rings (SSSR count). The van der Waals surface area contributed by atoms with Crippen molar-refractivity contribution >= 4 is 12.0 Å². The molecule has 0 atom stereocenters. The van der Waals surface area contributed by atoms with Gasteiger partial charge in [0.2, 0.25) is 0 Å². The van der Waals surface area contributed by atoms with Crippen LogP contribution in [0.25, 0.3) is 6.08 Å². The molecule has 0 saturated carbocycles. The minimum atomic E-state index is -0.965. The first-order chi connectivity index (χ1) is 9.71. The number of carboxylic acid groups (broad SMARTS) is 1. The highest BCUT2D eigenvalue weighted by atomic mass is 16.5. The molecule has 116 valence electrons. The zero-order chi connectivity index (χ0) is 16.0. The van der Waals surface area contributed by atoms with Crippen molar-refractivity contribution in [2.75, 3.05) is 20.7 Å². The van der Waals surface area contributed by atoms with Gasteiger partial charge in [0.25, 0.3) is 0 Å². The Morgan fingerprint density at radius 1 is 1.38 bits per heavy atom. The lowest BCUT2D eigenvalue weighted by Gasteiger charge is -2.26. The Kier molecular flexibility index (Phi) is 5.97. The van der Waals surface area contributed by atoms with Crippen molar-refractivity contribution < 1.29 is 14.6 Å². The number of aliphatic carboxylic acids is 1. The average molecular weight is 291 g/mol. The smallest absolute Gasteiger partial charge is 0.328 e. The van der Waals surface area contributed by atoms with Gasteiger partial charge in [-0.05, 0) is 36.2 Å². The number of rotatable bonds is 6. The molecule has 0 fully saturated rings. The van der Waals surface area contributed by atoms with E-state index in [4.69, 9.17) is 9.84 Å². The summed E-state index contributed by atoms with van der Waals surface area (Å²) in [5.41, 5.74) is 2.15. The Morgan fingerprint density at radius 2 is 2.05 bits per heavy atom. The van der Waals surface area contributed by atoms with Crippen molar-refractivity contribution in [2.24, 2.45) is 5.41 Å². The van der Waals surface area contributed by atoms with Crippen LogP contribution in [0.1, 0.15) is 31.9 Å². The normalized spacial score (nSPS) is 12.1. The van der Waals surface area contributed by atoms with E-state index in [2.05, 4.69) is 32.7 Å². The standard InChI is InChI=1S/C17H25NO3/c1-17(2,3)12-18(4)11-13-6-8-15(21-5)14(10-13)7-9-16(19)20/h6-10H,11-12H2,1-5H3,(H,19,20). The summed E-state index contributed by atoms with van der Waals surface area (Å²) in [6.07, 6.45) is 2.69. The fourth-order valence-corrected chi connectivity index (χ4v) is 2.35. The van der Waals surface area contributed by atoms with Crippen LogP contribution in [0, 0.1) is 5.41 Å². The van der Waals surface area contributed by atoms with Gasteiger partial charge >= 0.3 is 5.97 Å². The highest BCUT2D eigenvalue weighted by Gasteiger charge is 2.14. The molecule has 21 heavy (non-hydrogen) atoms. The summed E-state index contributed by atoms with van der Waals surface area (Å²) >= 11 is 0. The largest absolute Gasteiger partial charge is 0.496 e. The first-order valence-electron chi connectivity index (χ1n) is 6.98. The van der Waals surface area contributed by atoms with Crippen LogP contribution in [-0.2, 0) is 11.3 Å². The molecule has 0 aromatic heterocycles. The van der Waals surface area contributed by atoms with Crippen molar-refractivity contribution in [2.45, 2.75) is 27.3 Å². The molecule has 0 aliphatic carbocycles. The topological polar surface area (TPSA) is 49.8 Å². The van der Waals surface area contributed by atoms with E-state index in [1.807, 2.05) is 18.2 Å². The second-order valence-corrected chi connectivity index (χ2v) is 6.48. The van der Waals surface area contributed by atoms with Crippen molar-refractivity contribution in [3.8, 4) is 5.75 Å². The van der Waals surface area contributed by atoms with Crippen LogP contribution in [0.15, 0.2) is 24.3 Å². The predicted octanol–water partition coefficient (Wildman–Crippen LogP) is 3.27. The van der Waals surface area contributed by atoms with E-state index >= 15 is 0 Å². The lowest BCUT2D eigenvalue weighted by molar-refractivity contribution is -0.131. The van der Waals surface area contributed by atoms with Crippen molar-refractivity contribution in [3.63, 3.8) is 0 Å². The monoisotopic (exact) mass is 291 g/mol. The zero-order valence-corrected chi connectivity index (χ0v) is 13.5. The van der Waals surface area contributed by atoms with Crippen molar-refractivity contribution in [1.29, 1.82) is 0 Å². The summed E-state index contributed by atoms with van der Waals surface area (Å²) in [5.74, 6) is -0.290. The Morgan fingerprint density at radius 3 is 2.57 bits per heavy atom. The van der Waals surface area contributed by atoms with Gasteiger partial charge in [-0.3, -0.25) is 0 Å². The van der Waals surface area contributed by atoms with E-state index in [1.54, 1.807) is 13.2 Å². The van der Waals surface area contributed by atoms with Crippen LogP contribution >= 0.6 is 0 Å². The van der Waals surface area contributed by atoms with Gasteiger partial charge in [-0.1, -0.05) is 26.8 Å². The molecule has 1 aromatic carbocycles. The fourth-order valence-electron chi connectivity index (χ4n) is 2.35. The zero-order valence-electron chi connectivity index (χ0n) is 13.5. The minimum absolute atomic E-state index is 0.243. The number of ether oxygens (including phenoxy) is 1. The van der Waals surface area contributed by atoms with Gasteiger partial charge in [0.15, 0.2) is 0 Å². The molecular weight excluding hydrogens is 266 g/mol. The van der Waals surface area contributed by atoms with Crippen molar-refractivity contribution in [3.05, 3.63) is 35.4 Å². The molecule has 0 heterocycles. The van der Waals surface area contributed by atoms with E-state index < -0.39 is 5.97 Å². The Bertz CT molecular complexity index is 515. The van der Waals surface area contributed by atoms with Crippen LogP contribution in [0.4, 0.5) is 0 Å². The number of carboxylic acids is 1. The van der Waals surface area contributed by atoms with Crippen LogP contribution in [-0.4, -0.2) is 36.7 Å². The van der Waals surface area contributed by atoms with Crippen LogP contribution < -0.4 is 4.74 Å². The number of carbonyl (C=O) groups is 1. The highest BCUT2D eigenvalue weighted by molar-refractivity contribution is 5.85. The van der Waals surface area contributed by atoms with E-state index in [-0.39, 0.29) is 5.41 Å². The molecular formula is C17H25NO3. The number of benzene rings is 1. The summed E-state index contributed by atoms with van der Waals surface area (Å²) in [6, 6.07) is 5.86. The van der Waals surface area contributed by atoms with Crippen LogP contribution in [0.3, 0.4) is 0 Å². The summed E-state index contributed by atoms with van der Waals surface area (Å²) < 4.78 is 5.26. The summed E-state index contributed by atoms with van der Waals surface area (Å²) in [5, 5.41) is 8.74. The Hall–Kier alpha value is -1.81. The van der Waals surface area contributed by atoms with E-state index in [0.717, 1.165) is 30.3 Å². The molecule has 0 unspecified atom stereocenters. The lowest BCUT2D eigenvalue weighted by atomic mass is 9.96. The van der Waals surface area contributed by atoms with Gasteiger partial charge in [-0.2, -0.15) is 0 Å². The molecule has 1 N–H and O–H groups in total. The van der Waals surface area contributed by atoms with E-state index in [0.29, 0.717) is 5.75 Å². The molecule has 1 aromatic rings. The van der Waals surface area contributed by atoms with E-state index in [9.17, 15) is 4.79 Å². The van der Waals surface area contributed by atoms with Gasteiger partial charge in [-0.15, -0.1) is 0 Å². The third-order valence-corrected chi connectivity index (χ3v) is 2.90. The number of hydrogen-bond donors (Lipinski definition) is 1. The van der Waals surface area contributed by atoms with Gasteiger partial charge in [0.1, 0.15) is 5.75 Å². The second kappa shape index (κ2) is 7.27. The molecule has 0 aliphatic rings. The first-order valence-corrected chi connectivity index (χ1v) is 6.98. The van der Waals surface area contributed by atoms with Gasteiger partial charge < -0.3 is 14.7 Å². The highest BCUT2D eigenvalue weighted by Crippen LogP contribution is 2.23. The third kappa shape index (κ3) is 6.45. The molecule has 4 nitrogen and oxygen atoms in total. The fraction of sp³-hybridized carbons (Fsp3) is 0.471. The summed E-state index contributed by atoms with van der Waals surface area (Å²) in [7, 11) is 3.67.